The molecule has 0 aromatic heterocycles. The molecule has 0 bridgehead atoms. The van der Waals surface area contributed by atoms with Crippen molar-refractivity contribution >= 4 is 14.5 Å². The van der Waals surface area contributed by atoms with Crippen molar-refractivity contribution in [3.63, 3.8) is 0 Å². The molecule has 1 heteroatoms. The van der Waals surface area contributed by atoms with Gasteiger partial charge in [-0.25, -0.2) is 0 Å². The van der Waals surface area contributed by atoms with E-state index in [9.17, 15) is 0 Å². The van der Waals surface area contributed by atoms with Crippen molar-refractivity contribution in [2.45, 2.75) is 26.2 Å². The first-order valence-corrected chi connectivity index (χ1v) is 4.44. The highest BCUT2D eigenvalue weighted by atomic mass is 31.0. The van der Waals surface area contributed by atoms with E-state index in [-0.39, 0.29) is 5.41 Å². The number of benzene rings is 1. The SMILES string of the molecule is CC(C)(C)c1ccccc1P. The molecule has 0 spiro atoms. The van der Waals surface area contributed by atoms with Gasteiger partial charge in [0.15, 0.2) is 0 Å². The minimum atomic E-state index is 0.262. The van der Waals surface area contributed by atoms with E-state index in [4.69, 9.17) is 0 Å². The van der Waals surface area contributed by atoms with E-state index in [1.165, 1.54) is 10.9 Å². The molecule has 0 aliphatic carbocycles. The summed E-state index contributed by atoms with van der Waals surface area (Å²) in [7, 11) is 2.77. The summed E-state index contributed by atoms with van der Waals surface area (Å²) in [6, 6.07) is 8.47. The average Bonchev–Trinajstić information content (AvgIpc) is 1.86. The average molecular weight is 166 g/mol. The van der Waals surface area contributed by atoms with Crippen LogP contribution in [-0.2, 0) is 5.41 Å². The van der Waals surface area contributed by atoms with Crippen LogP contribution in [0, 0.1) is 0 Å². The number of rotatable bonds is 0. The highest BCUT2D eigenvalue weighted by molar-refractivity contribution is 7.27. The first kappa shape index (κ1) is 8.74. The minimum Gasteiger partial charge on any atom is -0.105 e. The van der Waals surface area contributed by atoms with Crippen LogP contribution in [-0.4, -0.2) is 0 Å². The summed E-state index contributed by atoms with van der Waals surface area (Å²) in [5, 5.41) is 1.31. The molecule has 60 valence electrons. The Bertz CT molecular complexity index is 245. The first-order valence-electron chi connectivity index (χ1n) is 3.87. The minimum absolute atomic E-state index is 0.262. The van der Waals surface area contributed by atoms with Gasteiger partial charge in [-0.05, 0) is 16.3 Å². The van der Waals surface area contributed by atoms with Crippen LogP contribution in [0.3, 0.4) is 0 Å². The zero-order valence-corrected chi connectivity index (χ0v) is 8.54. The predicted molar refractivity (Wildman–Crippen MR) is 54.5 cm³/mol. The molecule has 0 radical (unpaired) electrons. The molecule has 0 saturated carbocycles. The summed E-state index contributed by atoms with van der Waals surface area (Å²) < 4.78 is 0. The van der Waals surface area contributed by atoms with Crippen LogP contribution in [0.4, 0.5) is 0 Å². The summed E-state index contributed by atoms with van der Waals surface area (Å²) in [6.07, 6.45) is 0. The van der Waals surface area contributed by atoms with Crippen molar-refractivity contribution in [3.05, 3.63) is 29.8 Å². The molecule has 1 atom stereocenters. The van der Waals surface area contributed by atoms with Crippen molar-refractivity contribution in [3.8, 4) is 0 Å². The number of hydrogen-bond donors (Lipinski definition) is 0. The quantitative estimate of drug-likeness (QED) is 0.519. The highest BCUT2D eigenvalue weighted by Crippen LogP contribution is 2.20. The van der Waals surface area contributed by atoms with Gasteiger partial charge in [0.25, 0.3) is 0 Å². The summed E-state index contributed by atoms with van der Waals surface area (Å²) in [4.78, 5) is 0. The summed E-state index contributed by atoms with van der Waals surface area (Å²) >= 11 is 0. The van der Waals surface area contributed by atoms with Gasteiger partial charge in [-0.2, -0.15) is 0 Å². The molecular formula is C10H15P. The molecule has 0 saturated heterocycles. The lowest BCUT2D eigenvalue weighted by atomic mass is 9.87. The van der Waals surface area contributed by atoms with Gasteiger partial charge in [0.05, 0.1) is 0 Å². The topological polar surface area (TPSA) is 0 Å². The third-order valence-corrected chi connectivity index (χ3v) is 2.27. The smallest absolute Gasteiger partial charge is 0.0126 e. The van der Waals surface area contributed by atoms with Crippen molar-refractivity contribution in [2.24, 2.45) is 0 Å². The van der Waals surface area contributed by atoms with E-state index in [1.54, 1.807) is 0 Å². The Balaban J connectivity index is 3.14. The van der Waals surface area contributed by atoms with Gasteiger partial charge in [0, 0.05) is 0 Å². The lowest BCUT2D eigenvalue weighted by molar-refractivity contribution is 0.594. The summed E-state index contributed by atoms with van der Waals surface area (Å²) in [5.74, 6) is 0. The fourth-order valence-corrected chi connectivity index (χ4v) is 1.82. The summed E-state index contributed by atoms with van der Waals surface area (Å²) in [6.45, 7) is 6.70. The molecule has 1 unspecified atom stereocenters. The molecule has 0 amide bonds. The molecule has 1 aromatic rings. The van der Waals surface area contributed by atoms with Crippen LogP contribution in [0.1, 0.15) is 26.3 Å². The van der Waals surface area contributed by atoms with Crippen LogP contribution in [0.5, 0.6) is 0 Å². The van der Waals surface area contributed by atoms with Crippen LogP contribution in [0.2, 0.25) is 0 Å². The maximum absolute atomic E-state index is 2.77. The molecule has 11 heavy (non-hydrogen) atoms. The normalized spacial score (nSPS) is 11.6. The fraction of sp³-hybridized carbons (Fsp3) is 0.400. The Morgan fingerprint density at radius 3 is 2.00 bits per heavy atom. The lowest BCUT2D eigenvalue weighted by Crippen LogP contribution is -2.18. The maximum Gasteiger partial charge on any atom is -0.0126 e. The summed E-state index contributed by atoms with van der Waals surface area (Å²) in [5.41, 5.74) is 1.67. The zero-order valence-electron chi connectivity index (χ0n) is 7.39. The van der Waals surface area contributed by atoms with Crippen LogP contribution < -0.4 is 5.30 Å². The zero-order chi connectivity index (χ0) is 8.48. The second-order valence-electron chi connectivity index (χ2n) is 3.84. The van der Waals surface area contributed by atoms with Gasteiger partial charge in [-0.15, -0.1) is 9.24 Å². The van der Waals surface area contributed by atoms with Crippen LogP contribution >= 0.6 is 9.24 Å². The lowest BCUT2D eigenvalue weighted by Gasteiger charge is -2.20. The molecule has 0 fully saturated rings. The van der Waals surface area contributed by atoms with E-state index in [1.807, 2.05) is 0 Å². The first-order chi connectivity index (χ1) is 5.02. The van der Waals surface area contributed by atoms with Gasteiger partial charge >= 0.3 is 0 Å². The Hall–Kier alpha value is -0.350. The molecule has 0 heterocycles. The van der Waals surface area contributed by atoms with Crippen molar-refractivity contribution in [1.82, 2.24) is 0 Å². The Morgan fingerprint density at radius 1 is 1.09 bits per heavy atom. The Labute approximate surface area is 71.2 Å². The molecule has 1 rings (SSSR count). The monoisotopic (exact) mass is 166 g/mol. The van der Waals surface area contributed by atoms with E-state index in [0.717, 1.165) is 0 Å². The highest BCUT2D eigenvalue weighted by Gasteiger charge is 2.14. The number of hydrogen-bond acceptors (Lipinski definition) is 0. The van der Waals surface area contributed by atoms with Gasteiger partial charge in [-0.3, -0.25) is 0 Å². The standard InChI is InChI=1S/C10H15P/c1-10(2,3)8-6-4-5-7-9(8)11/h4-7H,11H2,1-3H3. The molecule has 1 aromatic carbocycles. The molecule has 0 nitrogen and oxygen atoms in total. The van der Waals surface area contributed by atoms with Crippen molar-refractivity contribution < 1.29 is 0 Å². The molecule has 0 N–H and O–H groups in total. The third kappa shape index (κ3) is 2.04. The molecular weight excluding hydrogens is 151 g/mol. The largest absolute Gasteiger partial charge is 0.105 e. The van der Waals surface area contributed by atoms with Crippen LogP contribution in [0.15, 0.2) is 24.3 Å². The van der Waals surface area contributed by atoms with Gasteiger partial charge in [0.1, 0.15) is 0 Å². The predicted octanol–water partition coefficient (Wildman–Crippen LogP) is 2.48. The Kier molecular flexibility index (Phi) is 2.34. The van der Waals surface area contributed by atoms with E-state index < -0.39 is 0 Å². The van der Waals surface area contributed by atoms with Gasteiger partial charge in [0.2, 0.25) is 0 Å². The second-order valence-corrected chi connectivity index (χ2v) is 4.46. The van der Waals surface area contributed by atoms with E-state index in [0.29, 0.717) is 0 Å². The maximum atomic E-state index is 2.77. The van der Waals surface area contributed by atoms with Gasteiger partial charge < -0.3 is 0 Å². The van der Waals surface area contributed by atoms with Crippen molar-refractivity contribution in [1.29, 1.82) is 0 Å². The second kappa shape index (κ2) is 2.95. The van der Waals surface area contributed by atoms with E-state index >= 15 is 0 Å². The van der Waals surface area contributed by atoms with Crippen molar-refractivity contribution in [2.75, 3.05) is 0 Å². The third-order valence-electron chi connectivity index (χ3n) is 1.77. The Morgan fingerprint density at radius 2 is 1.64 bits per heavy atom. The molecule has 0 aliphatic heterocycles. The van der Waals surface area contributed by atoms with Gasteiger partial charge in [-0.1, -0.05) is 45.0 Å². The van der Waals surface area contributed by atoms with E-state index in [2.05, 4.69) is 54.3 Å². The fourth-order valence-electron chi connectivity index (χ4n) is 1.18. The molecule has 0 aliphatic rings. The van der Waals surface area contributed by atoms with Crippen LogP contribution in [0.25, 0.3) is 0 Å².